The van der Waals surface area contributed by atoms with Gasteiger partial charge in [0.05, 0.1) is 39.4 Å². The van der Waals surface area contributed by atoms with Crippen molar-refractivity contribution < 1.29 is 37.5 Å². The number of fused-ring (bicyclic) bond motifs is 2. The van der Waals surface area contributed by atoms with Gasteiger partial charge in [-0.1, -0.05) is 54.6 Å². The van der Waals surface area contributed by atoms with Crippen LogP contribution in [0.25, 0.3) is 0 Å². The van der Waals surface area contributed by atoms with Crippen molar-refractivity contribution in [2.75, 3.05) is 27.4 Å². The smallest absolute Gasteiger partial charge is 0.330 e. The minimum absolute atomic E-state index is 0.0315. The number of hydrogen-bond acceptors (Lipinski definition) is 10. The zero-order valence-corrected chi connectivity index (χ0v) is 33.3. The number of hydroxylamine groups is 2. The van der Waals surface area contributed by atoms with Gasteiger partial charge in [0.2, 0.25) is 0 Å². The highest BCUT2D eigenvalue weighted by molar-refractivity contribution is 7.25. The van der Waals surface area contributed by atoms with Crippen molar-refractivity contribution in [3.63, 3.8) is 0 Å². The summed E-state index contributed by atoms with van der Waals surface area (Å²) < 4.78 is 40.6. The second-order valence-corrected chi connectivity index (χ2v) is 15.4. The van der Waals surface area contributed by atoms with Crippen molar-refractivity contribution >= 4 is 8.96 Å². The fourth-order valence-corrected chi connectivity index (χ4v) is 8.84. The molecule has 6 atom stereocenters. The highest BCUT2D eigenvalue weighted by Gasteiger charge is 2.67. The molecule has 3 aromatic carbocycles. The average Bonchev–Trinajstić information content (AvgIpc) is 3.72. The van der Waals surface area contributed by atoms with E-state index in [0.29, 0.717) is 11.5 Å². The number of methoxy groups -OCH3 is 2. The highest BCUT2D eigenvalue weighted by atomic mass is 31.1. The van der Waals surface area contributed by atoms with Crippen LogP contribution in [-0.4, -0.2) is 77.4 Å². The molecule has 0 aliphatic carbocycles. The van der Waals surface area contributed by atoms with Gasteiger partial charge in [0.1, 0.15) is 53.6 Å². The number of aromatic amines is 1. The van der Waals surface area contributed by atoms with E-state index in [1.807, 2.05) is 85.8 Å². The molecule has 4 aromatic rings. The Labute approximate surface area is 323 Å². The summed E-state index contributed by atoms with van der Waals surface area (Å²) in [7, 11) is 3.00. The van der Waals surface area contributed by atoms with Crippen molar-refractivity contribution in [1.29, 1.82) is 5.26 Å². The predicted molar refractivity (Wildman–Crippen MR) is 207 cm³/mol. The summed E-state index contributed by atoms with van der Waals surface area (Å²) in [5.41, 5.74) is -1.11. The molecule has 6 rings (SSSR count). The number of nitrogens with zero attached hydrogens (tertiary/aromatic N) is 3. The lowest BCUT2D eigenvalue weighted by Gasteiger charge is -2.45. The molecule has 1 N–H and O–H groups in total. The molecule has 0 amide bonds. The van der Waals surface area contributed by atoms with Crippen molar-refractivity contribution in [3.8, 4) is 17.6 Å². The Balaban J connectivity index is 1.49. The first-order chi connectivity index (χ1) is 26.4. The summed E-state index contributed by atoms with van der Waals surface area (Å²) in [6.45, 7) is 10.5. The standard InChI is InChI=1S/C41H49N4O9P/c1-27(2)45(28(3)4,51-25-11-23-42)55-54-37-36-38(44-24-22-35(46)43-39(44)47)53-40(37,26-50-36)29(5)52-41(30-12-9-8-10-13-30,31-14-18-33(48-6)19-15-31)32-16-20-34(49-7)21-17-32/h8-10,12-22,24,27-29,36-38,55H,11,25-26H2,1-7H3/p+1/t29-,36+,37-,38-,40+/m1/s1. The van der Waals surface area contributed by atoms with Crippen LogP contribution in [0.2, 0.25) is 0 Å². The number of benzene rings is 3. The summed E-state index contributed by atoms with van der Waals surface area (Å²) >= 11 is 0. The number of H-pyrrole nitrogens is 1. The predicted octanol–water partition coefficient (Wildman–Crippen LogP) is 5.99. The van der Waals surface area contributed by atoms with Gasteiger partial charge in [0.25, 0.3) is 14.5 Å². The van der Waals surface area contributed by atoms with Gasteiger partial charge in [-0.05, 0) is 75.6 Å². The maximum absolute atomic E-state index is 13.2. The van der Waals surface area contributed by atoms with Crippen molar-refractivity contribution in [3.05, 3.63) is 129 Å². The summed E-state index contributed by atoms with van der Waals surface area (Å²) in [5.74, 6) is 1.38. The summed E-state index contributed by atoms with van der Waals surface area (Å²) in [6.07, 6.45) is -1.57. The molecule has 2 saturated heterocycles. The van der Waals surface area contributed by atoms with Crippen LogP contribution in [0.15, 0.2) is 101 Å². The normalized spacial score (nSPS) is 21.7. The first kappa shape index (κ1) is 40.3. The van der Waals surface area contributed by atoms with Crippen LogP contribution in [0.5, 0.6) is 11.5 Å². The third-order valence-electron chi connectivity index (χ3n) is 10.6. The van der Waals surface area contributed by atoms with Gasteiger partial charge in [-0.2, -0.15) is 10.1 Å². The van der Waals surface area contributed by atoms with Crippen molar-refractivity contribution in [2.24, 2.45) is 0 Å². The Kier molecular flexibility index (Phi) is 12.3. The van der Waals surface area contributed by atoms with E-state index in [4.69, 9.17) is 33.0 Å². The molecule has 2 aliphatic heterocycles. The van der Waals surface area contributed by atoms with Crippen molar-refractivity contribution in [2.45, 2.75) is 88.9 Å². The average molecular weight is 774 g/mol. The van der Waals surface area contributed by atoms with Crippen LogP contribution in [-0.2, 0) is 29.2 Å². The Hall–Kier alpha value is -4.38. The molecule has 3 heterocycles. The first-order valence-electron chi connectivity index (χ1n) is 18.4. The Morgan fingerprint density at radius 2 is 1.49 bits per heavy atom. The number of aromatic nitrogens is 2. The maximum atomic E-state index is 13.2. The Morgan fingerprint density at radius 1 is 0.909 bits per heavy atom. The van der Waals surface area contributed by atoms with E-state index in [0.717, 1.165) is 16.7 Å². The molecule has 1 unspecified atom stereocenters. The molecular weight excluding hydrogens is 723 g/mol. The van der Waals surface area contributed by atoms with Gasteiger partial charge in [-0.25, -0.2) is 4.79 Å². The third-order valence-corrected chi connectivity index (χ3v) is 12.4. The number of ether oxygens (including phenoxy) is 5. The molecule has 0 radical (unpaired) electrons. The van der Waals surface area contributed by atoms with Gasteiger partial charge >= 0.3 is 5.69 Å². The molecule has 2 bridgehead atoms. The maximum Gasteiger partial charge on any atom is 0.330 e. The van der Waals surface area contributed by atoms with Gasteiger partial charge in [0, 0.05) is 12.3 Å². The second kappa shape index (κ2) is 16.8. The van der Waals surface area contributed by atoms with E-state index in [2.05, 4.69) is 38.7 Å². The quantitative estimate of drug-likeness (QED) is 0.0589. The zero-order valence-electron chi connectivity index (χ0n) is 32.3. The number of rotatable bonds is 17. The lowest BCUT2D eigenvalue weighted by atomic mass is 9.79. The number of hydrogen-bond donors (Lipinski definition) is 1. The van der Waals surface area contributed by atoms with Gasteiger partial charge < -0.3 is 28.2 Å². The van der Waals surface area contributed by atoms with Crippen LogP contribution in [0.1, 0.15) is 64.0 Å². The van der Waals surface area contributed by atoms with E-state index in [-0.39, 0.29) is 45.1 Å². The first-order valence-corrected chi connectivity index (χ1v) is 19.3. The largest absolute Gasteiger partial charge is 0.497 e. The van der Waals surface area contributed by atoms with E-state index in [1.165, 1.54) is 16.8 Å². The van der Waals surface area contributed by atoms with Crippen LogP contribution in [0, 0.1) is 11.3 Å². The SMILES string of the molecule is COc1ccc(C(O[C@H](C)[C@]23CO[C@H]([C@H](n4ccc(=O)[nH]c4=O)O2)[C@H]3OP[N+](OCCC#N)(C(C)C)C(C)C)(c2ccccc2)c2ccc(OC)cc2)cc1. The van der Waals surface area contributed by atoms with Gasteiger partial charge in [-0.15, -0.1) is 4.42 Å². The lowest BCUT2D eigenvalue weighted by Crippen LogP contribution is -2.56. The summed E-state index contributed by atoms with van der Waals surface area (Å²) in [6, 6.07) is 28.9. The lowest BCUT2D eigenvalue weighted by molar-refractivity contribution is -1.04. The second-order valence-electron chi connectivity index (χ2n) is 14.3. The molecule has 14 heteroatoms. The molecule has 0 spiro atoms. The molecule has 0 saturated carbocycles. The number of nitriles is 1. The van der Waals surface area contributed by atoms with E-state index < -0.39 is 47.0 Å². The van der Waals surface area contributed by atoms with E-state index in [9.17, 15) is 14.9 Å². The number of nitrogens with one attached hydrogen (secondary N) is 1. The molecule has 292 valence electrons. The summed E-state index contributed by atoms with van der Waals surface area (Å²) in [4.78, 5) is 34.1. The monoisotopic (exact) mass is 773 g/mol. The Morgan fingerprint density at radius 3 is 2.02 bits per heavy atom. The fourth-order valence-electron chi connectivity index (χ4n) is 7.66. The van der Waals surface area contributed by atoms with Crippen LogP contribution >= 0.6 is 8.96 Å². The zero-order chi connectivity index (χ0) is 39.4. The molecule has 1 aromatic heterocycles. The van der Waals surface area contributed by atoms with Crippen LogP contribution in [0.4, 0.5) is 0 Å². The molecule has 2 fully saturated rings. The topological polar surface area (TPSA) is 143 Å². The molecular formula is C41H50N4O9P+. The molecule has 55 heavy (non-hydrogen) atoms. The van der Waals surface area contributed by atoms with Crippen LogP contribution < -0.4 is 20.7 Å². The van der Waals surface area contributed by atoms with Gasteiger partial charge in [-0.3, -0.25) is 14.3 Å². The van der Waals surface area contributed by atoms with Gasteiger partial charge in [0.15, 0.2) is 6.23 Å². The van der Waals surface area contributed by atoms with E-state index >= 15 is 0 Å². The van der Waals surface area contributed by atoms with Crippen molar-refractivity contribution in [1.82, 2.24) is 9.55 Å². The fraction of sp³-hybridized carbons (Fsp3) is 0.439. The molecule has 13 nitrogen and oxygen atoms in total. The Bertz CT molecular complexity index is 1990. The summed E-state index contributed by atoms with van der Waals surface area (Å²) in [5, 5.41) is 9.31. The third kappa shape index (κ3) is 7.48. The minimum atomic E-state index is -1.26. The number of quaternary nitrogens is 1. The highest BCUT2D eigenvalue weighted by Crippen LogP contribution is 2.54. The van der Waals surface area contributed by atoms with Crippen LogP contribution in [0.3, 0.4) is 0 Å². The van der Waals surface area contributed by atoms with E-state index in [1.54, 1.807) is 14.2 Å². The molecule has 2 aliphatic rings. The minimum Gasteiger partial charge on any atom is -0.497 e.